The lowest BCUT2D eigenvalue weighted by atomic mass is 9.96. The molecule has 34 heavy (non-hydrogen) atoms. The fraction of sp³-hybridized carbons (Fsp3) is 0.538. The number of ether oxygens (including phenoxy) is 2. The topological polar surface area (TPSA) is 97.8 Å². The summed E-state index contributed by atoms with van der Waals surface area (Å²) in [5.41, 5.74) is 2.67. The largest absolute Gasteiger partial charge is 0.491 e. The normalized spacial score (nSPS) is 16.7. The highest BCUT2D eigenvalue weighted by Gasteiger charge is 2.28. The van der Waals surface area contributed by atoms with Crippen LogP contribution in [-0.2, 0) is 20.7 Å². The number of pyridine rings is 1. The van der Waals surface area contributed by atoms with E-state index in [2.05, 4.69) is 24.1 Å². The summed E-state index contributed by atoms with van der Waals surface area (Å²) in [6, 6.07) is 1.52. The molecule has 0 fully saturated rings. The molecule has 0 aliphatic carbocycles. The Bertz CT molecular complexity index is 989. The zero-order valence-corrected chi connectivity index (χ0v) is 21.5. The number of allylic oxidation sites excluding steroid dienone is 3. The Labute approximate surface area is 202 Å². The van der Waals surface area contributed by atoms with Crippen LogP contribution in [0.25, 0.3) is 0 Å². The second kappa shape index (κ2) is 11.3. The third-order valence-electron chi connectivity index (χ3n) is 5.33. The number of aldehydes is 1. The minimum absolute atomic E-state index is 0.148. The lowest BCUT2D eigenvalue weighted by Gasteiger charge is -2.29. The van der Waals surface area contributed by atoms with E-state index in [0.29, 0.717) is 47.0 Å². The van der Waals surface area contributed by atoms with Crippen LogP contribution >= 0.6 is 0 Å². The van der Waals surface area contributed by atoms with Gasteiger partial charge in [0.1, 0.15) is 24.3 Å². The standard InChI is InChI=1S/C26H37N3O5/c1-16(2)11-20(28-25(32)34-26(5,6)7)15-33-22(17(3)14-30)13-21-12-19-9-10-27-18(4)23(19)24(31)29(21)8/h9-10,13-14,16,20H,11-12,15H2,1-8H3,(H,28,32). The van der Waals surface area contributed by atoms with Crippen LogP contribution in [0, 0.1) is 12.8 Å². The van der Waals surface area contributed by atoms with Gasteiger partial charge in [0.2, 0.25) is 0 Å². The summed E-state index contributed by atoms with van der Waals surface area (Å²) in [4.78, 5) is 42.6. The molecule has 1 aliphatic rings. The predicted molar refractivity (Wildman–Crippen MR) is 130 cm³/mol. The molecule has 0 spiro atoms. The second-order valence-electron chi connectivity index (χ2n) is 10.1. The van der Waals surface area contributed by atoms with Gasteiger partial charge in [0.15, 0.2) is 0 Å². The molecule has 0 saturated heterocycles. The Morgan fingerprint density at radius 1 is 1.32 bits per heavy atom. The van der Waals surface area contributed by atoms with Gasteiger partial charge in [0.25, 0.3) is 5.91 Å². The van der Waals surface area contributed by atoms with E-state index >= 15 is 0 Å². The van der Waals surface area contributed by atoms with Gasteiger partial charge in [-0.25, -0.2) is 4.79 Å². The van der Waals surface area contributed by atoms with Gasteiger partial charge in [-0.05, 0) is 58.6 Å². The molecule has 1 unspecified atom stereocenters. The van der Waals surface area contributed by atoms with Gasteiger partial charge < -0.3 is 19.7 Å². The van der Waals surface area contributed by atoms with Crippen LogP contribution in [-0.4, -0.2) is 53.5 Å². The molecule has 1 aromatic heterocycles. The summed E-state index contributed by atoms with van der Waals surface area (Å²) >= 11 is 0. The minimum atomic E-state index is -0.612. The molecule has 2 amide bonds. The van der Waals surface area contributed by atoms with Crippen LogP contribution < -0.4 is 5.32 Å². The van der Waals surface area contributed by atoms with Gasteiger partial charge in [-0.2, -0.15) is 0 Å². The zero-order valence-electron chi connectivity index (χ0n) is 21.5. The maximum Gasteiger partial charge on any atom is 0.407 e. The Morgan fingerprint density at radius 2 is 2.00 bits per heavy atom. The number of rotatable bonds is 8. The van der Waals surface area contributed by atoms with Crippen molar-refractivity contribution in [1.29, 1.82) is 0 Å². The van der Waals surface area contributed by atoms with Gasteiger partial charge in [-0.15, -0.1) is 0 Å². The highest BCUT2D eigenvalue weighted by Crippen LogP contribution is 2.27. The molecule has 0 saturated carbocycles. The van der Waals surface area contributed by atoms with Crippen molar-refractivity contribution in [3.05, 3.63) is 52.2 Å². The van der Waals surface area contributed by atoms with E-state index in [1.54, 1.807) is 51.9 Å². The number of amides is 2. The van der Waals surface area contributed by atoms with Gasteiger partial charge in [0, 0.05) is 37.0 Å². The average Bonchev–Trinajstić information content (AvgIpc) is 2.71. The van der Waals surface area contributed by atoms with Crippen molar-refractivity contribution in [2.45, 2.75) is 73.0 Å². The summed E-state index contributed by atoms with van der Waals surface area (Å²) in [6.07, 6.45) is 4.79. The van der Waals surface area contributed by atoms with E-state index in [9.17, 15) is 14.4 Å². The lowest BCUT2D eigenvalue weighted by Crippen LogP contribution is -2.42. The summed E-state index contributed by atoms with van der Waals surface area (Å²) in [6.45, 7) is 13.1. The number of fused-ring (bicyclic) bond motifs is 1. The highest BCUT2D eigenvalue weighted by molar-refractivity contribution is 5.99. The smallest absolute Gasteiger partial charge is 0.407 e. The zero-order chi connectivity index (χ0) is 25.6. The van der Waals surface area contributed by atoms with Crippen molar-refractivity contribution < 1.29 is 23.9 Å². The molecule has 1 aliphatic heterocycles. The number of likely N-dealkylation sites (N-methyl/N-ethyl adjacent to an activating group) is 1. The molecule has 2 rings (SSSR count). The number of nitrogens with zero attached hydrogens (tertiary/aromatic N) is 2. The first kappa shape index (κ1) is 27.1. The molecule has 1 aromatic rings. The number of aromatic nitrogens is 1. The van der Waals surface area contributed by atoms with E-state index < -0.39 is 11.7 Å². The first-order valence-corrected chi connectivity index (χ1v) is 11.5. The molecule has 2 heterocycles. The second-order valence-corrected chi connectivity index (χ2v) is 10.1. The summed E-state index contributed by atoms with van der Waals surface area (Å²) < 4.78 is 11.4. The van der Waals surface area contributed by atoms with Gasteiger partial charge in [0.05, 0.1) is 17.3 Å². The van der Waals surface area contributed by atoms with Crippen LogP contribution in [0.5, 0.6) is 0 Å². The number of nitrogens with one attached hydrogen (secondary N) is 1. The van der Waals surface area contributed by atoms with Crippen LogP contribution in [0.2, 0.25) is 0 Å². The van der Waals surface area contributed by atoms with Crippen LogP contribution in [0.3, 0.4) is 0 Å². The van der Waals surface area contributed by atoms with E-state index in [4.69, 9.17) is 9.47 Å². The maximum atomic E-state index is 12.9. The first-order chi connectivity index (χ1) is 15.8. The summed E-state index contributed by atoms with van der Waals surface area (Å²) in [5.74, 6) is 0.515. The Morgan fingerprint density at radius 3 is 2.59 bits per heavy atom. The quantitative estimate of drug-likeness (QED) is 0.344. The molecule has 0 radical (unpaired) electrons. The van der Waals surface area contributed by atoms with Crippen LogP contribution in [0.1, 0.15) is 69.6 Å². The molecular formula is C26H37N3O5. The third-order valence-corrected chi connectivity index (χ3v) is 5.33. The molecule has 8 nitrogen and oxygen atoms in total. The van der Waals surface area contributed by atoms with Crippen LogP contribution in [0.4, 0.5) is 4.79 Å². The molecule has 1 atom stereocenters. The Kier molecular flexibility index (Phi) is 9.01. The number of alkyl carbamates (subject to hydrolysis) is 1. The van der Waals surface area contributed by atoms with Crippen molar-refractivity contribution >= 4 is 18.3 Å². The Balaban J connectivity index is 2.25. The Hall–Kier alpha value is -3.16. The number of hydrogen-bond donors (Lipinski definition) is 1. The number of aryl methyl sites for hydroxylation is 1. The molecule has 1 N–H and O–H groups in total. The van der Waals surface area contributed by atoms with Crippen molar-refractivity contribution in [3.8, 4) is 0 Å². The number of carbonyl (C=O) groups excluding carboxylic acids is 3. The van der Waals surface area contributed by atoms with Crippen molar-refractivity contribution in [2.24, 2.45) is 5.92 Å². The number of carbonyl (C=O) groups is 3. The molecule has 8 heteroatoms. The monoisotopic (exact) mass is 471 g/mol. The molecular weight excluding hydrogens is 434 g/mol. The van der Waals surface area contributed by atoms with Crippen molar-refractivity contribution in [1.82, 2.24) is 15.2 Å². The molecule has 0 aromatic carbocycles. The van der Waals surface area contributed by atoms with E-state index in [1.807, 2.05) is 13.0 Å². The van der Waals surface area contributed by atoms with Gasteiger partial charge >= 0.3 is 6.09 Å². The van der Waals surface area contributed by atoms with Crippen LogP contribution in [0.15, 0.2) is 35.4 Å². The van der Waals surface area contributed by atoms with E-state index in [-0.39, 0.29) is 18.6 Å². The molecule has 0 bridgehead atoms. The maximum absolute atomic E-state index is 12.9. The van der Waals surface area contributed by atoms with Crippen molar-refractivity contribution in [3.63, 3.8) is 0 Å². The first-order valence-electron chi connectivity index (χ1n) is 11.5. The highest BCUT2D eigenvalue weighted by atomic mass is 16.6. The average molecular weight is 472 g/mol. The van der Waals surface area contributed by atoms with Gasteiger partial charge in [-0.3, -0.25) is 14.6 Å². The van der Waals surface area contributed by atoms with Crippen molar-refractivity contribution in [2.75, 3.05) is 13.7 Å². The molecule has 186 valence electrons. The summed E-state index contributed by atoms with van der Waals surface area (Å²) in [7, 11) is 1.70. The SMILES string of the molecule is CC(C=O)=C(C=C1Cc2ccnc(C)c2C(=O)N1C)OCC(CC(C)C)NC(=O)OC(C)(C)C. The third kappa shape index (κ3) is 7.43. The summed E-state index contributed by atoms with van der Waals surface area (Å²) in [5, 5.41) is 2.87. The van der Waals surface area contributed by atoms with E-state index in [0.717, 1.165) is 11.8 Å². The fourth-order valence-corrected chi connectivity index (χ4v) is 3.70. The van der Waals surface area contributed by atoms with E-state index in [1.165, 1.54) is 0 Å². The number of hydrogen-bond acceptors (Lipinski definition) is 6. The predicted octanol–water partition coefficient (Wildman–Crippen LogP) is 4.33. The van der Waals surface area contributed by atoms with Gasteiger partial charge in [-0.1, -0.05) is 13.8 Å². The lowest BCUT2D eigenvalue weighted by molar-refractivity contribution is -0.105. The minimum Gasteiger partial charge on any atom is -0.491 e. The fourth-order valence-electron chi connectivity index (χ4n) is 3.70.